The van der Waals surface area contributed by atoms with Crippen molar-refractivity contribution in [3.05, 3.63) is 46.3 Å². The van der Waals surface area contributed by atoms with Crippen LogP contribution in [0.2, 0.25) is 0 Å². The van der Waals surface area contributed by atoms with Gasteiger partial charge in [-0.1, -0.05) is 18.2 Å². The molecule has 2 aromatic rings. The van der Waals surface area contributed by atoms with Crippen molar-refractivity contribution in [1.29, 1.82) is 0 Å². The third-order valence-corrected chi connectivity index (χ3v) is 3.42. The second kappa shape index (κ2) is 4.20. The molecule has 0 spiro atoms. The van der Waals surface area contributed by atoms with Crippen LogP contribution in [0.1, 0.15) is 23.2 Å². The van der Waals surface area contributed by atoms with E-state index in [1.165, 1.54) is 6.07 Å². The predicted octanol–water partition coefficient (Wildman–Crippen LogP) is 1.05. The first-order chi connectivity index (χ1) is 9.13. The van der Waals surface area contributed by atoms with Crippen LogP contribution in [0.4, 0.5) is 0 Å². The molecule has 5 nitrogen and oxygen atoms in total. The molecule has 0 bridgehead atoms. The standard InChI is InChI=1S/C14H13NO4/c16-8-14(5-6-14)15-12(17)10-7-9-3-1-2-4-11(9)19-13(10)18/h1-4,7,16H,5-6,8H2,(H,15,17). The lowest BCUT2D eigenvalue weighted by Crippen LogP contribution is -2.41. The number of para-hydroxylation sites is 1. The molecule has 2 N–H and O–H groups in total. The molecular formula is C14H13NO4. The molecule has 0 atom stereocenters. The third-order valence-electron chi connectivity index (χ3n) is 3.42. The van der Waals surface area contributed by atoms with Gasteiger partial charge in [-0.3, -0.25) is 4.79 Å². The van der Waals surface area contributed by atoms with Crippen LogP contribution >= 0.6 is 0 Å². The number of fused-ring (bicyclic) bond motifs is 1. The van der Waals surface area contributed by atoms with Crippen LogP contribution in [0, 0.1) is 0 Å². The molecule has 1 fully saturated rings. The highest BCUT2D eigenvalue weighted by Gasteiger charge is 2.43. The summed E-state index contributed by atoms with van der Waals surface area (Å²) < 4.78 is 5.10. The van der Waals surface area contributed by atoms with E-state index in [9.17, 15) is 14.7 Å². The van der Waals surface area contributed by atoms with Crippen LogP contribution in [0.5, 0.6) is 0 Å². The lowest BCUT2D eigenvalue weighted by atomic mass is 10.1. The van der Waals surface area contributed by atoms with E-state index in [0.717, 1.165) is 12.8 Å². The maximum atomic E-state index is 12.0. The minimum atomic E-state index is -0.662. The number of aliphatic hydroxyl groups is 1. The van der Waals surface area contributed by atoms with E-state index in [0.29, 0.717) is 11.0 Å². The molecule has 1 heterocycles. The van der Waals surface area contributed by atoms with Gasteiger partial charge in [0.1, 0.15) is 11.1 Å². The fraction of sp³-hybridized carbons (Fsp3) is 0.286. The topological polar surface area (TPSA) is 79.5 Å². The van der Waals surface area contributed by atoms with Crippen molar-refractivity contribution in [2.24, 2.45) is 0 Å². The third kappa shape index (κ3) is 2.13. The number of rotatable bonds is 3. The van der Waals surface area contributed by atoms with E-state index < -0.39 is 17.1 Å². The summed E-state index contributed by atoms with van der Waals surface area (Å²) in [5.74, 6) is -0.494. The van der Waals surface area contributed by atoms with E-state index in [1.54, 1.807) is 24.3 Å². The summed E-state index contributed by atoms with van der Waals surface area (Å²) in [7, 11) is 0. The number of amides is 1. The van der Waals surface area contributed by atoms with Gasteiger partial charge < -0.3 is 14.8 Å². The molecule has 0 unspecified atom stereocenters. The van der Waals surface area contributed by atoms with Crippen molar-refractivity contribution in [3.63, 3.8) is 0 Å². The highest BCUT2D eigenvalue weighted by Crippen LogP contribution is 2.34. The summed E-state index contributed by atoms with van der Waals surface area (Å²) in [6, 6.07) is 8.53. The van der Waals surface area contributed by atoms with Crippen molar-refractivity contribution in [2.45, 2.75) is 18.4 Å². The molecule has 98 valence electrons. The van der Waals surface area contributed by atoms with Gasteiger partial charge in [-0.15, -0.1) is 0 Å². The second-order valence-corrected chi connectivity index (χ2v) is 4.88. The van der Waals surface area contributed by atoms with Gasteiger partial charge >= 0.3 is 5.63 Å². The summed E-state index contributed by atoms with van der Waals surface area (Å²) in [4.78, 5) is 23.8. The molecule has 3 rings (SSSR count). The number of carbonyl (C=O) groups excluding carboxylic acids is 1. The maximum Gasteiger partial charge on any atom is 0.349 e. The first kappa shape index (κ1) is 11.9. The van der Waals surface area contributed by atoms with Gasteiger partial charge in [0.15, 0.2) is 0 Å². The Labute approximate surface area is 108 Å². The Kier molecular flexibility index (Phi) is 2.64. The zero-order chi connectivity index (χ0) is 13.5. The monoisotopic (exact) mass is 259 g/mol. The van der Waals surface area contributed by atoms with Gasteiger partial charge in [0.2, 0.25) is 0 Å². The summed E-state index contributed by atoms with van der Waals surface area (Å²) in [5.41, 5.74) is -0.787. The highest BCUT2D eigenvalue weighted by atomic mass is 16.4. The van der Waals surface area contributed by atoms with E-state index in [2.05, 4.69) is 5.32 Å². The van der Waals surface area contributed by atoms with Gasteiger partial charge in [0, 0.05) is 5.39 Å². The van der Waals surface area contributed by atoms with Crippen molar-refractivity contribution >= 4 is 16.9 Å². The summed E-state index contributed by atoms with van der Waals surface area (Å²) in [6.07, 6.45) is 1.46. The zero-order valence-electron chi connectivity index (χ0n) is 10.2. The van der Waals surface area contributed by atoms with Gasteiger partial charge in [0.25, 0.3) is 5.91 Å². The average molecular weight is 259 g/mol. The maximum absolute atomic E-state index is 12.0. The molecule has 1 saturated carbocycles. The molecular weight excluding hydrogens is 246 g/mol. The molecule has 19 heavy (non-hydrogen) atoms. The first-order valence-corrected chi connectivity index (χ1v) is 6.10. The fourth-order valence-corrected chi connectivity index (χ4v) is 2.00. The number of hydrogen-bond donors (Lipinski definition) is 2. The molecule has 1 aliphatic rings. The van der Waals surface area contributed by atoms with Crippen LogP contribution in [-0.4, -0.2) is 23.2 Å². The average Bonchev–Trinajstić information content (AvgIpc) is 3.18. The highest BCUT2D eigenvalue weighted by molar-refractivity contribution is 5.97. The Balaban J connectivity index is 1.98. The van der Waals surface area contributed by atoms with Gasteiger partial charge in [-0.05, 0) is 25.0 Å². The summed E-state index contributed by atoms with van der Waals surface area (Å²) in [5, 5.41) is 12.6. The quantitative estimate of drug-likeness (QED) is 0.807. The number of aliphatic hydroxyl groups excluding tert-OH is 1. The van der Waals surface area contributed by atoms with Crippen LogP contribution < -0.4 is 10.9 Å². The Morgan fingerprint density at radius 2 is 2.11 bits per heavy atom. The number of benzene rings is 1. The Hall–Kier alpha value is -2.14. The van der Waals surface area contributed by atoms with Gasteiger partial charge in [-0.2, -0.15) is 0 Å². The largest absolute Gasteiger partial charge is 0.422 e. The minimum absolute atomic E-state index is 0.0292. The second-order valence-electron chi connectivity index (χ2n) is 4.88. The molecule has 1 aromatic heterocycles. The normalized spacial score (nSPS) is 16.3. The first-order valence-electron chi connectivity index (χ1n) is 6.10. The number of hydrogen-bond acceptors (Lipinski definition) is 4. The van der Waals surface area contributed by atoms with E-state index in [4.69, 9.17) is 4.42 Å². The minimum Gasteiger partial charge on any atom is -0.422 e. The predicted molar refractivity (Wildman–Crippen MR) is 69.0 cm³/mol. The molecule has 0 radical (unpaired) electrons. The van der Waals surface area contributed by atoms with Crippen LogP contribution in [0.3, 0.4) is 0 Å². The Bertz CT molecular complexity index is 700. The van der Waals surface area contributed by atoms with Crippen LogP contribution in [0.25, 0.3) is 11.0 Å². The molecule has 0 aliphatic heterocycles. The van der Waals surface area contributed by atoms with Crippen molar-refractivity contribution in [3.8, 4) is 0 Å². The van der Waals surface area contributed by atoms with E-state index in [1.807, 2.05) is 0 Å². The molecule has 5 heteroatoms. The smallest absolute Gasteiger partial charge is 0.349 e. The summed E-state index contributed by atoms with van der Waals surface area (Å²) in [6.45, 7) is -0.113. The number of carbonyl (C=O) groups is 1. The lowest BCUT2D eigenvalue weighted by Gasteiger charge is -2.13. The Morgan fingerprint density at radius 1 is 1.37 bits per heavy atom. The Morgan fingerprint density at radius 3 is 2.79 bits per heavy atom. The van der Waals surface area contributed by atoms with Crippen LogP contribution in [0.15, 0.2) is 39.5 Å². The van der Waals surface area contributed by atoms with E-state index in [-0.39, 0.29) is 12.2 Å². The van der Waals surface area contributed by atoms with Crippen molar-refractivity contribution in [2.75, 3.05) is 6.61 Å². The van der Waals surface area contributed by atoms with Crippen molar-refractivity contribution < 1.29 is 14.3 Å². The molecule has 1 aromatic carbocycles. The van der Waals surface area contributed by atoms with Gasteiger partial charge in [-0.25, -0.2) is 4.79 Å². The lowest BCUT2D eigenvalue weighted by molar-refractivity contribution is 0.0903. The van der Waals surface area contributed by atoms with Crippen molar-refractivity contribution in [1.82, 2.24) is 5.32 Å². The van der Waals surface area contributed by atoms with E-state index >= 15 is 0 Å². The molecule has 1 aliphatic carbocycles. The fourth-order valence-electron chi connectivity index (χ4n) is 2.00. The molecule has 1 amide bonds. The van der Waals surface area contributed by atoms with Gasteiger partial charge in [0.05, 0.1) is 12.1 Å². The zero-order valence-corrected chi connectivity index (χ0v) is 10.2. The molecule has 0 saturated heterocycles. The van der Waals surface area contributed by atoms with Crippen LogP contribution in [-0.2, 0) is 0 Å². The number of nitrogens with one attached hydrogen (secondary N) is 1. The summed E-state index contributed by atoms with van der Waals surface area (Å²) >= 11 is 0. The SMILES string of the molecule is O=C(NC1(CO)CC1)c1cc2ccccc2oc1=O.